The van der Waals surface area contributed by atoms with Crippen LogP contribution in [0.25, 0.3) is 0 Å². The number of methoxy groups -OCH3 is 1. The van der Waals surface area contributed by atoms with E-state index in [-0.39, 0.29) is 5.97 Å². The average molecular weight is 205 g/mol. The predicted molar refractivity (Wildman–Crippen MR) is 59.1 cm³/mol. The third-order valence-corrected chi connectivity index (χ3v) is 2.86. The highest BCUT2D eigenvalue weighted by molar-refractivity contribution is 5.77. The van der Waals surface area contributed by atoms with Crippen LogP contribution in [0.2, 0.25) is 0 Å². The number of nitrogens with zero attached hydrogens (tertiary/aromatic N) is 1. The van der Waals surface area contributed by atoms with E-state index in [1.165, 1.54) is 18.4 Å². The Balaban J connectivity index is 2.32. The van der Waals surface area contributed by atoms with Crippen LogP contribution in [0.1, 0.15) is 11.1 Å². The summed E-state index contributed by atoms with van der Waals surface area (Å²) in [5.41, 5.74) is 3.61. The topological polar surface area (TPSA) is 29.5 Å². The van der Waals surface area contributed by atoms with Gasteiger partial charge in [-0.3, -0.25) is 4.79 Å². The molecule has 0 saturated heterocycles. The standard InChI is InChI=1S/C12H15NO2/c1-13-7-6-9-4-3-5-10(12(9)13)8-11(14)15-2/h3-5H,6-8H2,1-2H3. The molecule has 0 aromatic heterocycles. The molecule has 80 valence electrons. The number of para-hydroxylation sites is 1. The number of fused-ring (bicyclic) bond motifs is 1. The first-order chi connectivity index (χ1) is 7.22. The van der Waals surface area contributed by atoms with Crippen molar-refractivity contribution in [2.45, 2.75) is 12.8 Å². The van der Waals surface area contributed by atoms with Crippen LogP contribution >= 0.6 is 0 Å². The van der Waals surface area contributed by atoms with Crippen molar-refractivity contribution in [3.63, 3.8) is 0 Å². The molecule has 1 aliphatic rings. The molecule has 0 unspecified atom stereocenters. The lowest BCUT2D eigenvalue weighted by atomic mass is 10.0. The van der Waals surface area contributed by atoms with Crippen LogP contribution in [0.3, 0.4) is 0 Å². The molecule has 0 atom stereocenters. The minimum atomic E-state index is -0.177. The van der Waals surface area contributed by atoms with Crippen LogP contribution in [-0.2, 0) is 22.4 Å². The van der Waals surface area contributed by atoms with Gasteiger partial charge >= 0.3 is 5.97 Å². The molecule has 1 aromatic carbocycles. The fourth-order valence-corrected chi connectivity index (χ4v) is 2.11. The lowest BCUT2D eigenvalue weighted by Gasteiger charge is -2.16. The first-order valence-electron chi connectivity index (χ1n) is 5.11. The van der Waals surface area contributed by atoms with Gasteiger partial charge in [0.2, 0.25) is 0 Å². The predicted octanol–water partition coefficient (Wildman–Crippen LogP) is 1.39. The second kappa shape index (κ2) is 3.93. The first kappa shape index (κ1) is 10.0. The number of anilines is 1. The van der Waals surface area contributed by atoms with Crippen molar-refractivity contribution >= 4 is 11.7 Å². The quantitative estimate of drug-likeness (QED) is 0.683. The van der Waals surface area contributed by atoms with E-state index in [1.807, 2.05) is 12.1 Å². The first-order valence-corrected chi connectivity index (χ1v) is 5.11. The largest absolute Gasteiger partial charge is 0.469 e. The average Bonchev–Trinajstić information content (AvgIpc) is 2.61. The molecule has 0 bridgehead atoms. The fourth-order valence-electron chi connectivity index (χ4n) is 2.11. The molecule has 1 aromatic rings. The molecule has 3 nitrogen and oxygen atoms in total. The molecule has 0 aliphatic carbocycles. The van der Waals surface area contributed by atoms with Crippen molar-refractivity contribution in [1.82, 2.24) is 0 Å². The Kier molecular flexibility index (Phi) is 2.62. The normalized spacial score (nSPS) is 13.9. The van der Waals surface area contributed by atoms with Gasteiger partial charge in [0, 0.05) is 19.3 Å². The zero-order valence-electron chi connectivity index (χ0n) is 9.12. The zero-order valence-corrected chi connectivity index (χ0v) is 9.12. The summed E-state index contributed by atoms with van der Waals surface area (Å²) in [6.07, 6.45) is 1.44. The number of carbonyl (C=O) groups is 1. The van der Waals surface area contributed by atoms with Crippen LogP contribution in [0.15, 0.2) is 18.2 Å². The summed E-state index contributed by atoms with van der Waals surface area (Å²) < 4.78 is 4.69. The van der Waals surface area contributed by atoms with Gasteiger partial charge < -0.3 is 9.64 Å². The lowest BCUT2D eigenvalue weighted by Crippen LogP contribution is -2.15. The van der Waals surface area contributed by atoms with Crippen LogP contribution < -0.4 is 4.90 Å². The van der Waals surface area contributed by atoms with Gasteiger partial charge in [-0.15, -0.1) is 0 Å². The van der Waals surface area contributed by atoms with Crippen molar-refractivity contribution in [3.05, 3.63) is 29.3 Å². The summed E-state index contributed by atoms with van der Waals surface area (Å²) >= 11 is 0. The molecular weight excluding hydrogens is 190 g/mol. The molecule has 0 saturated carbocycles. The van der Waals surface area contributed by atoms with Crippen molar-refractivity contribution in [3.8, 4) is 0 Å². The van der Waals surface area contributed by atoms with Crippen molar-refractivity contribution in [2.75, 3.05) is 25.6 Å². The van der Waals surface area contributed by atoms with Gasteiger partial charge in [-0.1, -0.05) is 18.2 Å². The number of carbonyl (C=O) groups excluding carboxylic acids is 1. The molecule has 2 rings (SSSR count). The summed E-state index contributed by atoms with van der Waals surface area (Å²) in [6.45, 7) is 1.04. The highest BCUT2D eigenvalue weighted by atomic mass is 16.5. The Morgan fingerprint density at radius 1 is 1.53 bits per heavy atom. The van der Waals surface area contributed by atoms with Gasteiger partial charge in [0.25, 0.3) is 0 Å². The number of likely N-dealkylation sites (N-methyl/N-ethyl adjacent to an activating group) is 1. The molecule has 0 radical (unpaired) electrons. The highest BCUT2D eigenvalue weighted by Gasteiger charge is 2.20. The Morgan fingerprint density at radius 2 is 2.33 bits per heavy atom. The minimum Gasteiger partial charge on any atom is -0.469 e. The maximum Gasteiger partial charge on any atom is 0.310 e. The summed E-state index contributed by atoms with van der Waals surface area (Å²) in [6, 6.07) is 6.13. The molecular formula is C12H15NO2. The Labute approximate surface area is 89.7 Å². The highest BCUT2D eigenvalue weighted by Crippen LogP contribution is 2.30. The molecule has 15 heavy (non-hydrogen) atoms. The summed E-state index contributed by atoms with van der Waals surface area (Å²) in [5.74, 6) is -0.177. The Bertz CT molecular complexity index is 387. The monoisotopic (exact) mass is 205 g/mol. The molecule has 0 N–H and O–H groups in total. The van der Waals surface area contributed by atoms with E-state index in [9.17, 15) is 4.79 Å². The molecule has 0 spiro atoms. The summed E-state index contributed by atoms with van der Waals surface area (Å²) in [7, 11) is 3.49. The second-order valence-corrected chi connectivity index (χ2v) is 3.85. The van der Waals surface area contributed by atoms with Gasteiger partial charge in [0.05, 0.1) is 13.5 Å². The molecule has 1 heterocycles. The second-order valence-electron chi connectivity index (χ2n) is 3.85. The van der Waals surface area contributed by atoms with Crippen molar-refractivity contribution in [1.29, 1.82) is 0 Å². The third-order valence-electron chi connectivity index (χ3n) is 2.86. The van der Waals surface area contributed by atoms with E-state index in [0.717, 1.165) is 18.5 Å². The van der Waals surface area contributed by atoms with Gasteiger partial charge in [-0.25, -0.2) is 0 Å². The van der Waals surface area contributed by atoms with E-state index >= 15 is 0 Å². The fraction of sp³-hybridized carbons (Fsp3) is 0.417. The van der Waals surface area contributed by atoms with Crippen molar-refractivity contribution < 1.29 is 9.53 Å². The van der Waals surface area contributed by atoms with Crippen LogP contribution in [-0.4, -0.2) is 26.7 Å². The van der Waals surface area contributed by atoms with Gasteiger partial charge in [-0.05, 0) is 17.5 Å². The molecule has 0 amide bonds. The zero-order chi connectivity index (χ0) is 10.8. The third kappa shape index (κ3) is 1.82. The molecule has 1 aliphatic heterocycles. The van der Waals surface area contributed by atoms with E-state index < -0.39 is 0 Å². The number of hydrogen-bond donors (Lipinski definition) is 0. The summed E-state index contributed by atoms with van der Waals surface area (Å²) in [5, 5.41) is 0. The maximum absolute atomic E-state index is 11.2. The van der Waals surface area contributed by atoms with Crippen LogP contribution in [0, 0.1) is 0 Å². The van der Waals surface area contributed by atoms with E-state index in [4.69, 9.17) is 4.74 Å². The summed E-state index contributed by atoms with van der Waals surface area (Å²) in [4.78, 5) is 13.4. The van der Waals surface area contributed by atoms with Crippen molar-refractivity contribution in [2.24, 2.45) is 0 Å². The Hall–Kier alpha value is -1.51. The smallest absolute Gasteiger partial charge is 0.310 e. The SMILES string of the molecule is COC(=O)Cc1cccc2c1N(C)CC2. The van der Waals surface area contributed by atoms with Gasteiger partial charge in [-0.2, -0.15) is 0 Å². The molecule has 3 heteroatoms. The van der Waals surface area contributed by atoms with Crippen LogP contribution in [0.5, 0.6) is 0 Å². The van der Waals surface area contributed by atoms with Gasteiger partial charge in [0.15, 0.2) is 0 Å². The van der Waals surface area contributed by atoms with Crippen LogP contribution in [0.4, 0.5) is 5.69 Å². The van der Waals surface area contributed by atoms with E-state index in [2.05, 4.69) is 18.0 Å². The number of ether oxygens (including phenoxy) is 1. The van der Waals surface area contributed by atoms with E-state index in [0.29, 0.717) is 6.42 Å². The number of benzene rings is 1. The Morgan fingerprint density at radius 3 is 3.07 bits per heavy atom. The number of rotatable bonds is 2. The minimum absolute atomic E-state index is 0.177. The number of esters is 1. The molecule has 0 fully saturated rings. The lowest BCUT2D eigenvalue weighted by molar-refractivity contribution is -0.139. The van der Waals surface area contributed by atoms with Gasteiger partial charge in [0.1, 0.15) is 0 Å². The maximum atomic E-state index is 11.2. The number of hydrogen-bond acceptors (Lipinski definition) is 3. The van der Waals surface area contributed by atoms with E-state index in [1.54, 1.807) is 0 Å².